The van der Waals surface area contributed by atoms with Gasteiger partial charge in [0, 0.05) is 14.2 Å². The van der Waals surface area contributed by atoms with E-state index in [1.807, 2.05) is 0 Å². The van der Waals surface area contributed by atoms with Crippen LogP contribution < -0.4 is 0 Å². The Morgan fingerprint density at radius 1 is 1.25 bits per heavy atom. The van der Waals surface area contributed by atoms with E-state index in [-0.39, 0.29) is 6.61 Å². The molecule has 1 rings (SSSR count). The van der Waals surface area contributed by atoms with Crippen LogP contribution in [0.1, 0.15) is 0 Å². The highest BCUT2D eigenvalue weighted by molar-refractivity contribution is 4.83. The molecule has 1 fully saturated rings. The zero-order chi connectivity index (χ0) is 9.14. The Balaban J connectivity index is 2.56. The van der Waals surface area contributed by atoms with Crippen molar-refractivity contribution in [1.82, 2.24) is 0 Å². The molecule has 0 aromatic carbocycles. The molecule has 5 nitrogen and oxygen atoms in total. The first-order valence-corrected chi connectivity index (χ1v) is 3.74. The van der Waals surface area contributed by atoms with E-state index in [9.17, 15) is 10.2 Å². The average molecular weight is 178 g/mol. The minimum absolute atomic E-state index is 0.179. The summed E-state index contributed by atoms with van der Waals surface area (Å²) in [5.74, 6) is 0. The van der Waals surface area contributed by atoms with Crippen LogP contribution in [-0.4, -0.2) is 55.6 Å². The smallest absolute Gasteiger partial charge is 0.183 e. The first kappa shape index (κ1) is 9.88. The summed E-state index contributed by atoms with van der Waals surface area (Å²) in [4.78, 5) is 0. The minimum Gasteiger partial charge on any atom is -0.387 e. The number of aliphatic hydroxyl groups excluding tert-OH is 2. The van der Waals surface area contributed by atoms with Crippen LogP contribution in [0.2, 0.25) is 0 Å². The molecular formula is C7H14O5. The van der Waals surface area contributed by atoms with Crippen LogP contribution in [-0.2, 0) is 14.2 Å². The highest BCUT2D eigenvalue weighted by atomic mass is 16.7. The van der Waals surface area contributed by atoms with E-state index in [2.05, 4.69) is 0 Å². The molecule has 72 valence electrons. The second-order valence-corrected chi connectivity index (χ2v) is 2.69. The number of rotatable bonds is 2. The van der Waals surface area contributed by atoms with Crippen molar-refractivity contribution in [2.24, 2.45) is 0 Å². The summed E-state index contributed by atoms with van der Waals surface area (Å²) < 4.78 is 14.7. The Labute approximate surface area is 70.9 Å². The second kappa shape index (κ2) is 4.15. The first-order chi connectivity index (χ1) is 5.70. The van der Waals surface area contributed by atoms with Gasteiger partial charge in [-0.3, -0.25) is 0 Å². The van der Waals surface area contributed by atoms with Gasteiger partial charge in [0.15, 0.2) is 6.29 Å². The standard InChI is InChI=1S/C7H14O5/c1-10-4-3-12-7(9)6(11-2)5(4)8/h4-9H,3H2,1-2H3/t4-,5-,6+,7+/m0/s1. The van der Waals surface area contributed by atoms with Gasteiger partial charge in [-0.15, -0.1) is 0 Å². The van der Waals surface area contributed by atoms with Crippen molar-refractivity contribution in [3.05, 3.63) is 0 Å². The van der Waals surface area contributed by atoms with E-state index >= 15 is 0 Å². The van der Waals surface area contributed by atoms with Gasteiger partial charge in [0.25, 0.3) is 0 Å². The third kappa shape index (κ3) is 1.75. The van der Waals surface area contributed by atoms with Crippen LogP contribution in [0.15, 0.2) is 0 Å². The van der Waals surface area contributed by atoms with E-state index in [0.717, 1.165) is 0 Å². The van der Waals surface area contributed by atoms with E-state index in [1.165, 1.54) is 14.2 Å². The molecule has 5 heteroatoms. The van der Waals surface area contributed by atoms with Gasteiger partial charge in [-0.25, -0.2) is 0 Å². The van der Waals surface area contributed by atoms with Crippen molar-refractivity contribution < 1.29 is 24.4 Å². The molecule has 2 N–H and O–H groups in total. The maximum absolute atomic E-state index is 9.51. The predicted molar refractivity (Wildman–Crippen MR) is 39.6 cm³/mol. The van der Waals surface area contributed by atoms with Crippen LogP contribution in [0.25, 0.3) is 0 Å². The molecular weight excluding hydrogens is 164 g/mol. The lowest BCUT2D eigenvalue weighted by atomic mass is 10.1. The summed E-state index contributed by atoms with van der Waals surface area (Å²) in [7, 11) is 2.88. The molecule has 4 atom stereocenters. The molecule has 0 aromatic heterocycles. The zero-order valence-corrected chi connectivity index (χ0v) is 7.14. The summed E-state index contributed by atoms with van der Waals surface area (Å²) >= 11 is 0. The van der Waals surface area contributed by atoms with Crippen LogP contribution in [0.4, 0.5) is 0 Å². The van der Waals surface area contributed by atoms with Crippen LogP contribution in [0.3, 0.4) is 0 Å². The van der Waals surface area contributed by atoms with Gasteiger partial charge >= 0.3 is 0 Å². The van der Waals surface area contributed by atoms with E-state index in [0.29, 0.717) is 0 Å². The molecule has 12 heavy (non-hydrogen) atoms. The number of hydrogen-bond donors (Lipinski definition) is 2. The first-order valence-electron chi connectivity index (χ1n) is 3.74. The summed E-state index contributed by atoms with van der Waals surface area (Å²) in [6.45, 7) is 0.179. The normalized spacial score (nSPS) is 43.0. The Morgan fingerprint density at radius 2 is 1.92 bits per heavy atom. The van der Waals surface area contributed by atoms with Gasteiger partial charge in [0.2, 0.25) is 0 Å². The Hall–Kier alpha value is -0.200. The fraction of sp³-hybridized carbons (Fsp3) is 1.00. The van der Waals surface area contributed by atoms with Gasteiger partial charge in [-0.2, -0.15) is 0 Å². The quantitative estimate of drug-likeness (QED) is 0.551. The molecule has 1 heterocycles. The number of methoxy groups -OCH3 is 2. The second-order valence-electron chi connectivity index (χ2n) is 2.69. The van der Waals surface area contributed by atoms with Gasteiger partial charge in [-0.05, 0) is 0 Å². The van der Waals surface area contributed by atoms with Gasteiger partial charge in [0.05, 0.1) is 6.61 Å². The largest absolute Gasteiger partial charge is 0.387 e. The van der Waals surface area contributed by atoms with E-state index < -0.39 is 24.6 Å². The third-order valence-electron chi connectivity index (χ3n) is 2.00. The topological polar surface area (TPSA) is 68.2 Å². The fourth-order valence-electron chi connectivity index (χ4n) is 1.23. The minimum atomic E-state index is -1.07. The predicted octanol–water partition coefficient (Wildman–Crippen LogP) is -1.27. The van der Waals surface area contributed by atoms with Gasteiger partial charge < -0.3 is 24.4 Å². The molecule has 0 bridgehead atoms. The summed E-state index contributed by atoms with van der Waals surface area (Å²) in [6, 6.07) is 0. The van der Waals surface area contributed by atoms with Gasteiger partial charge in [0.1, 0.15) is 18.3 Å². The average Bonchev–Trinajstić information content (AvgIpc) is 2.06. The molecule has 1 aliphatic heterocycles. The SMILES string of the molecule is CO[C@@H]1[C@@H](O)[C@@H](OC)CO[C@H]1O. The lowest BCUT2D eigenvalue weighted by Crippen LogP contribution is -2.54. The van der Waals surface area contributed by atoms with Crippen LogP contribution >= 0.6 is 0 Å². The number of hydrogen-bond acceptors (Lipinski definition) is 5. The maximum atomic E-state index is 9.51. The highest BCUT2D eigenvalue weighted by Crippen LogP contribution is 2.17. The van der Waals surface area contributed by atoms with Crippen molar-refractivity contribution in [2.45, 2.75) is 24.6 Å². The molecule has 0 radical (unpaired) electrons. The summed E-state index contributed by atoms with van der Waals surface area (Å²) in [5, 5.41) is 18.7. The monoisotopic (exact) mass is 178 g/mol. The maximum Gasteiger partial charge on any atom is 0.183 e. The summed E-state index contributed by atoms with van der Waals surface area (Å²) in [6.07, 6.45) is -3.08. The van der Waals surface area contributed by atoms with Crippen molar-refractivity contribution in [1.29, 1.82) is 0 Å². The Morgan fingerprint density at radius 3 is 2.42 bits per heavy atom. The van der Waals surface area contributed by atoms with Crippen molar-refractivity contribution in [2.75, 3.05) is 20.8 Å². The lowest BCUT2D eigenvalue weighted by molar-refractivity contribution is -0.262. The summed E-state index contributed by atoms with van der Waals surface area (Å²) in [5.41, 5.74) is 0. The van der Waals surface area contributed by atoms with Crippen molar-refractivity contribution >= 4 is 0 Å². The number of ether oxygens (including phenoxy) is 3. The highest BCUT2D eigenvalue weighted by Gasteiger charge is 2.38. The molecule has 0 spiro atoms. The molecule has 0 unspecified atom stereocenters. The van der Waals surface area contributed by atoms with Crippen LogP contribution in [0.5, 0.6) is 0 Å². The molecule has 0 saturated carbocycles. The third-order valence-corrected chi connectivity index (χ3v) is 2.00. The van der Waals surface area contributed by atoms with Gasteiger partial charge in [-0.1, -0.05) is 0 Å². The number of aliphatic hydroxyl groups is 2. The van der Waals surface area contributed by atoms with E-state index in [1.54, 1.807) is 0 Å². The molecule has 0 aromatic rings. The van der Waals surface area contributed by atoms with Crippen molar-refractivity contribution in [3.8, 4) is 0 Å². The fourth-order valence-corrected chi connectivity index (χ4v) is 1.23. The molecule has 0 amide bonds. The van der Waals surface area contributed by atoms with E-state index in [4.69, 9.17) is 14.2 Å². The molecule has 1 aliphatic rings. The van der Waals surface area contributed by atoms with Crippen LogP contribution in [0, 0.1) is 0 Å². The Kier molecular flexibility index (Phi) is 3.42. The molecule has 0 aliphatic carbocycles. The molecule has 1 saturated heterocycles. The zero-order valence-electron chi connectivity index (χ0n) is 7.14. The lowest BCUT2D eigenvalue weighted by Gasteiger charge is -2.36. The van der Waals surface area contributed by atoms with Crippen molar-refractivity contribution in [3.63, 3.8) is 0 Å². The Bertz CT molecular complexity index is 140.